The van der Waals surface area contributed by atoms with E-state index in [4.69, 9.17) is 34.8 Å². The van der Waals surface area contributed by atoms with Crippen molar-refractivity contribution in [3.63, 3.8) is 0 Å². The zero-order valence-electron chi connectivity index (χ0n) is 8.69. The Morgan fingerprint density at radius 1 is 1.17 bits per heavy atom. The molecular formula is C9H5Cl3F3NO2. The van der Waals surface area contributed by atoms with Crippen molar-refractivity contribution in [1.29, 1.82) is 0 Å². The van der Waals surface area contributed by atoms with Gasteiger partial charge < -0.3 is 4.57 Å². The van der Waals surface area contributed by atoms with E-state index >= 15 is 0 Å². The Hall–Kier alpha value is -0.720. The third-order valence-corrected chi connectivity index (χ3v) is 2.53. The topological polar surface area (TPSA) is 39.1 Å². The number of Topliss-reactive ketones (excluding diaryl/α,β-unsaturated/α-hetero) is 2. The summed E-state index contributed by atoms with van der Waals surface area (Å²) in [6.07, 6.45) is -4.18. The van der Waals surface area contributed by atoms with E-state index in [0.29, 0.717) is 0 Å². The van der Waals surface area contributed by atoms with Gasteiger partial charge in [-0.15, -0.1) is 0 Å². The predicted molar refractivity (Wildman–Crippen MR) is 60.4 cm³/mol. The fraction of sp³-hybridized carbons (Fsp3) is 0.333. The maximum absolute atomic E-state index is 12.2. The van der Waals surface area contributed by atoms with Crippen molar-refractivity contribution in [2.24, 2.45) is 7.05 Å². The van der Waals surface area contributed by atoms with Crippen LogP contribution in [0, 0.1) is 0 Å². The van der Waals surface area contributed by atoms with Crippen molar-refractivity contribution in [1.82, 2.24) is 4.57 Å². The highest BCUT2D eigenvalue weighted by Crippen LogP contribution is 2.31. The maximum atomic E-state index is 12.2. The SMILES string of the molecule is Cn1cc(C(=O)C(F)(F)F)cc1C(=O)C(Cl)(Cl)Cl. The Balaban J connectivity index is 3.19. The van der Waals surface area contributed by atoms with E-state index in [0.717, 1.165) is 16.8 Å². The lowest BCUT2D eigenvalue weighted by Gasteiger charge is -2.09. The van der Waals surface area contributed by atoms with Gasteiger partial charge in [0.2, 0.25) is 5.78 Å². The molecule has 1 aromatic rings. The molecule has 0 saturated heterocycles. The van der Waals surface area contributed by atoms with E-state index in [2.05, 4.69) is 0 Å². The van der Waals surface area contributed by atoms with Crippen LogP contribution < -0.4 is 0 Å². The number of rotatable bonds is 2. The summed E-state index contributed by atoms with van der Waals surface area (Å²) >= 11 is 16.0. The molecule has 1 aromatic heterocycles. The number of hydrogen-bond donors (Lipinski definition) is 0. The minimum atomic E-state index is -5.03. The van der Waals surface area contributed by atoms with Crippen molar-refractivity contribution in [3.8, 4) is 0 Å². The lowest BCUT2D eigenvalue weighted by molar-refractivity contribution is -0.0885. The van der Waals surface area contributed by atoms with Crippen molar-refractivity contribution < 1.29 is 22.8 Å². The van der Waals surface area contributed by atoms with E-state index in [-0.39, 0.29) is 5.69 Å². The van der Waals surface area contributed by atoms with Gasteiger partial charge in [0.15, 0.2) is 0 Å². The van der Waals surface area contributed by atoms with Gasteiger partial charge in [0.25, 0.3) is 9.58 Å². The van der Waals surface area contributed by atoms with Gasteiger partial charge in [-0.3, -0.25) is 9.59 Å². The molecule has 9 heteroatoms. The van der Waals surface area contributed by atoms with Crippen LogP contribution in [0.5, 0.6) is 0 Å². The second-order valence-corrected chi connectivity index (χ2v) is 5.66. The van der Waals surface area contributed by atoms with Gasteiger partial charge in [-0.05, 0) is 6.07 Å². The molecule has 0 unspecified atom stereocenters. The summed E-state index contributed by atoms with van der Waals surface area (Å²) in [6, 6.07) is 0.736. The van der Waals surface area contributed by atoms with Crippen molar-refractivity contribution >= 4 is 46.4 Å². The highest BCUT2D eigenvalue weighted by Gasteiger charge is 2.41. The molecule has 18 heavy (non-hydrogen) atoms. The van der Waals surface area contributed by atoms with Crippen LogP contribution in [-0.4, -0.2) is 26.1 Å². The average Bonchev–Trinajstić information content (AvgIpc) is 2.55. The Morgan fingerprint density at radius 2 is 1.67 bits per heavy atom. The van der Waals surface area contributed by atoms with Crippen LogP contribution in [0.15, 0.2) is 12.3 Å². The van der Waals surface area contributed by atoms with Crippen molar-refractivity contribution in [2.45, 2.75) is 9.97 Å². The zero-order chi connectivity index (χ0) is 14.3. The molecule has 0 spiro atoms. The van der Waals surface area contributed by atoms with Gasteiger partial charge in [-0.2, -0.15) is 13.2 Å². The van der Waals surface area contributed by atoms with Crippen LogP contribution >= 0.6 is 34.8 Å². The molecule has 0 aliphatic rings. The molecular weight excluding hydrogens is 317 g/mol. The van der Waals surface area contributed by atoms with Crippen LogP contribution in [0.2, 0.25) is 0 Å². The molecule has 100 valence electrons. The second kappa shape index (κ2) is 4.75. The normalized spacial score (nSPS) is 12.6. The third-order valence-electron chi connectivity index (χ3n) is 2.01. The van der Waals surface area contributed by atoms with Crippen molar-refractivity contribution in [3.05, 3.63) is 23.5 Å². The quantitative estimate of drug-likeness (QED) is 0.619. The van der Waals surface area contributed by atoms with E-state index < -0.39 is 27.1 Å². The van der Waals surface area contributed by atoms with Crippen LogP contribution in [0.3, 0.4) is 0 Å². The third kappa shape index (κ3) is 3.18. The van der Waals surface area contributed by atoms with E-state index in [1.807, 2.05) is 0 Å². The van der Waals surface area contributed by atoms with Crippen LogP contribution in [-0.2, 0) is 7.05 Å². The van der Waals surface area contributed by atoms with Crippen LogP contribution in [0.4, 0.5) is 13.2 Å². The lowest BCUT2D eigenvalue weighted by Crippen LogP contribution is -2.22. The average molecular weight is 322 g/mol. The van der Waals surface area contributed by atoms with Gasteiger partial charge >= 0.3 is 6.18 Å². The summed E-state index contributed by atoms with van der Waals surface area (Å²) < 4.78 is 35.3. The van der Waals surface area contributed by atoms with Gasteiger partial charge in [-0.25, -0.2) is 0 Å². The first kappa shape index (κ1) is 15.3. The molecule has 0 bridgehead atoms. The van der Waals surface area contributed by atoms with Gasteiger partial charge in [0.1, 0.15) is 0 Å². The largest absolute Gasteiger partial charge is 0.454 e. The molecule has 0 amide bonds. The Labute approximate surface area is 114 Å². The summed E-state index contributed by atoms with van der Waals surface area (Å²) in [6.45, 7) is 0. The van der Waals surface area contributed by atoms with E-state index in [1.54, 1.807) is 0 Å². The van der Waals surface area contributed by atoms with Gasteiger partial charge in [0.05, 0.1) is 5.69 Å². The highest BCUT2D eigenvalue weighted by atomic mass is 35.6. The maximum Gasteiger partial charge on any atom is 0.454 e. The Morgan fingerprint density at radius 3 is 2.06 bits per heavy atom. The molecule has 0 fully saturated rings. The number of carbonyl (C=O) groups excluding carboxylic acids is 2. The number of halogens is 6. The number of carbonyl (C=O) groups is 2. The van der Waals surface area contributed by atoms with Gasteiger partial charge in [-0.1, -0.05) is 34.8 Å². The molecule has 0 saturated carbocycles. The first-order chi connectivity index (χ1) is 7.94. The Bertz CT molecular complexity index is 502. The van der Waals surface area contributed by atoms with E-state index in [9.17, 15) is 22.8 Å². The number of hydrogen-bond acceptors (Lipinski definition) is 2. The molecule has 1 rings (SSSR count). The molecule has 3 nitrogen and oxygen atoms in total. The highest BCUT2D eigenvalue weighted by molar-refractivity contribution is 6.77. The molecule has 0 radical (unpaired) electrons. The lowest BCUT2D eigenvalue weighted by atomic mass is 10.2. The minimum absolute atomic E-state index is 0.303. The van der Waals surface area contributed by atoms with Gasteiger partial charge in [0, 0.05) is 18.8 Å². The first-order valence-corrected chi connectivity index (χ1v) is 5.47. The smallest absolute Gasteiger partial charge is 0.347 e. The summed E-state index contributed by atoms with van der Waals surface area (Å²) in [5.41, 5.74) is -0.995. The molecule has 0 atom stereocenters. The van der Waals surface area contributed by atoms with Crippen molar-refractivity contribution in [2.75, 3.05) is 0 Å². The number of nitrogens with zero attached hydrogens (tertiary/aromatic N) is 1. The summed E-state index contributed by atoms with van der Waals surface area (Å²) in [5, 5.41) is 0. The fourth-order valence-electron chi connectivity index (χ4n) is 1.22. The number of aromatic nitrogens is 1. The fourth-order valence-corrected chi connectivity index (χ4v) is 1.51. The molecule has 0 aliphatic heterocycles. The molecule has 0 N–H and O–H groups in total. The molecule has 0 aromatic carbocycles. The minimum Gasteiger partial charge on any atom is -0.347 e. The Kier molecular flexibility index (Phi) is 4.05. The number of ketones is 2. The number of alkyl halides is 6. The van der Waals surface area contributed by atoms with Crippen LogP contribution in [0.1, 0.15) is 20.8 Å². The monoisotopic (exact) mass is 321 g/mol. The predicted octanol–water partition coefficient (Wildman–Crippen LogP) is 3.32. The second-order valence-electron chi connectivity index (χ2n) is 3.38. The summed E-state index contributed by atoms with van der Waals surface area (Å²) in [7, 11) is 1.26. The molecule has 0 aliphatic carbocycles. The summed E-state index contributed by atoms with van der Waals surface area (Å²) in [4.78, 5) is 22.5. The van der Waals surface area contributed by atoms with Crippen LogP contribution in [0.25, 0.3) is 0 Å². The summed E-state index contributed by atoms with van der Waals surface area (Å²) in [5.74, 6) is -3.09. The zero-order valence-corrected chi connectivity index (χ0v) is 11.0. The van der Waals surface area contributed by atoms with E-state index in [1.165, 1.54) is 7.05 Å². The standard InChI is InChI=1S/C9H5Cl3F3NO2/c1-16-3-4(6(17)9(13,14)15)2-5(16)7(18)8(10,11)12/h2-3H,1H3. The first-order valence-electron chi connectivity index (χ1n) is 4.34. The molecule has 1 heterocycles. The number of aryl methyl sites for hydroxylation is 1.